The van der Waals surface area contributed by atoms with Crippen molar-refractivity contribution >= 4 is 27.4 Å². The van der Waals surface area contributed by atoms with E-state index in [9.17, 15) is 9.90 Å². The third kappa shape index (κ3) is 3.02. The van der Waals surface area contributed by atoms with Gasteiger partial charge in [-0.25, -0.2) is 4.98 Å². The minimum atomic E-state index is -0.158. The quantitative estimate of drug-likeness (QED) is 0.513. The summed E-state index contributed by atoms with van der Waals surface area (Å²) in [5, 5.41) is 24.6. The van der Waals surface area contributed by atoms with Gasteiger partial charge in [0, 0.05) is 34.5 Å². The summed E-state index contributed by atoms with van der Waals surface area (Å²) in [6.45, 7) is 2.23. The molecule has 130 valence electrons. The number of aromatic amines is 1. The summed E-state index contributed by atoms with van der Waals surface area (Å²) in [4.78, 5) is 18.3. The van der Waals surface area contributed by atoms with Gasteiger partial charge in [0.2, 0.25) is 11.5 Å². The molecule has 1 aromatic carbocycles. The lowest BCUT2D eigenvalue weighted by Gasteiger charge is -2.09. The summed E-state index contributed by atoms with van der Waals surface area (Å²) in [5.41, 5.74) is 2.46. The number of nitrogens with zero attached hydrogens (tertiary/aromatic N) is 3. The molecule has 0 radical (unpaired) electrons. The summed E-state index contributed by atoms with van der Waals surface area (Å²) in [7, 11) is 0. The van der Waals surface area contributed by atoms with Crippen molar-refractivity contribution in [2.45, 2.75) is 13.5 Å². The van der Waals surface area contributed by atoms with Crippen LogP contribution in [0.25, 0.3) is 21.3 Å². The van der Waals surface area contributed by atoms with E-state index >= 15 is 0 Å². The molecule has 0 bridgehead atoms. The highest BCUT2D eigenvalue weighted by molar-refractivity contribution is 7.17. The van der Waals surface area contributed by atoms with Crippen molar-refractivity contribution in [1.82, 2.24) is 20.2 Å². The number of H-pyrrole nitrogens is 1. The molecule has 7 nitrogen and oxygen atoms in total. The number of phenols is 1. The van der Waals surface area contributed by atoms with E-state index in [1.54, 1.807) is 23.6 Å². The zero-order chi connectivity index (χ0) is 18.1. The van der Waals surface area contributed by atoms with Crippen molar-refractivity contribution in [2.75, 3.05) is 5.32 Å². The number of thiophene rings is 1. The highest BCUT2D eigenvalue weighted by Crippen LogP contribution is 2.37. The molecule has 4 aromatic rings. The minimum Gasteiger partial charge on any atom is -0.507 e. The van der Waals surface area contributed by atoms with Gasteiger partial charge >= 0.3 is 0 Å². The smallest absolute Gasteiger partial charge is 0.248 e. The summed E-state index contributed by atoms with van der Waals surface area (Å²) >= 11 is 1.57. The van der Waals surface area contributed by atoms with Gasteiger partial charge < -0.3 is 15.4 Å². The van der Waals surface area contributed by atoms with E-state index in [1.165, 1.54) is 6.07 Å². The van der Waals surface area contributed by atoms with E-state index in [4.69, 9.17) is 0 Å². The Bertz CT molecular complexity index is 1150. The van der Waals surface area contributed by atoms with Gasteiger partial charge in [-0.1, -0.05) is 0 Å². The molecule has 0 atom stereocenters. The van der Waals surface area contributed by atoms with Crippen molar-refractivity contribution in [1.29, 1.82) is 0 Å². The van der Waals surface area contributed by atoms with Gasteiger partial charge in [0.25, 0.3) is 0 Å². The number of aryl methyl sites for hydroxylation is 1. The third-order valence-corrected chi connectivity index (χ3v) is 4.90. The first-order valence-corrected chi connectivity index (χ1v) is 8.82. The van der Waals surface area contributed by atoms with Gasteiger partial charge in [-0.2, -0.15) is 0 Å². The van der Waals surface area contributed by atoms with Gasteiger partial charge in [-0.3, -0.25) is 4.79 Å². The molecule has 0 saturated carbocycles. The van der Waals surface area contributed by atoms with E-state index in [1.807, 2.05) is 30.5 Å². The predicted molar refractivity (Wildman–Crippen MR) is 101 cm³/mol. The van der Waals surface area contributed by atoms with Crippen LogP contribution < -0.4 is 10.9 Å². The number of hydrogen-bond acceptors (Lipinski definition) is 7. The molecular weight excluding hydrogens is 350 g/mol. The van der Waals surface area contributed by atoms with Gasteiger partial charge in [-0.05, 0) is 42.1 Å². The lowest BCUT2D eigenvalue weighted by molar-refractivity contribution is 0.483. The van der Waals surface area contributed by atoms with Crippen LogP contribution in [0.5, 0.6) is 5.75 Å². The van der Waals surface area contributed by atoms with Crippen LogP contribution in [-0.4, -0.2) is 25.3 Å². The molecular formula is C18H15N5O2S. The summed E-state index contributed by atoms with van der Waals surface area (Å²) < 4.78 is 1.01. The van der Waals surface area contributed by atoms with Crippen LogP contribution in [0.15, 0.2) is 46.7 Å². The molecule has 0 spiro atoms. The fourth-order valence-corrected chi connectivity index (χ4v) is 3.52. The maximum Gasteiger partial charge on any atom is 0.248 e. The summed E-state index contributed by atoms with van der Waals surface area (Å²) in [6, 6.07) is 8.98. The summed E-state index contributed by atoms with van der Waals surface area (Å²) in [5.74, 6) is 0.551. The Labute approximate surface area is 152 Å². The standard InChI is InChI=1S/C18H15N5O2S/c1-10-16(13-2-3-14-12(17(13)25)5-7-26-14)22-23-18(21-10)20-9-11-4-6-19-15(24)8-11/h2-8,25H,9H2,1H3,(H,19,24)(H,20,21,23). The van der Waals surface area contributed by atoms with Gasteiger partial charge in [0.1, 0.15) is 11.4 Å². The number of rotatable bonds is 4. The van der Waals surface area contributed by atoms with E-state index in [-0.39, 0.29) is 11.3 Å². The van der Waals surface area contributed by atoms with Crippen LogP contribution >= 0.6 is 11.3 Å². The van der Waals surface area contributed by atoms with Crippen LogP contribution in [0.4, 0.5) is 5.95 Å². The van der Waals surface area contributed by atoms with Gasteiger partial charge in [-0.15, -0.1) is 21.5 Å². The van der Waals surface area contributed by atoms with Crippen LogP contribution in [0, 0.1) is 6.92 Å². The Morgan fingerprint density at radius 1 is 1.23 bits per heavy atom. The monoisotopic (exact) mass is 365 g/mol. The number of nitrogens with one attached hydrogen (secondary N) is 2. The van der Waals surface area contributed by atoms with Crippen molar-refractivity contribution in [3.05, 3.63) is 63.5 Å². The maximum atomic E-state index is 11.3. The van der Waals surface area contributed by atoms with E-state index < -0.39 is 0 Å². The fraction of sp³-hybridized carbons (Fsp3) is 0.111. The zero-order valence-electron chi connectivity index (χ0n) is 13.9. The molecule has 0 fully saturated rings. The molecule has 8 heteroatoms. The Hall–Kier alpha value is -3.26. The van der Waals surface area contributed by atoms with Crippen molar-refractivity contribution in [3.8, 4) is 17.0 Å². The Kier molecular flexibility index (Phi) is 4.10. The largest absolute Gasteiger partial charge is 0.507 e. The first kappa shape index (κ1) is 16.2. The Balaban J connectivity index is 1.61. The lowest BCUT2D eigenvalue weighted by atomic mass is 10.1. The molecule has 0 aliphatic heterocycles. The average molecular weight is 365 g/mol. The average Bonchev–Trinajstić information content (AvgIpc) is 3.11. The Morgan fingerprint density at radius 2 is 2.12 bits per heavy atom. The zero-order valence-corrected chi connectivity index (χ0v) is 14.7. The normalized spacial score (nSPS) is 11.0. The molecule has 0 aliphatic carbocycles. The number of benzene rings is 1. The number of phenolic OH excluding ortho intramolecular Hbond substituents is 1. The summed E-state index contributed by atoms with van der Waals surface area (Å²) in [6.07, 6.45) is 1.59. The number of hydrogen-bond donors (Lipinski definition) is 3. The second-order valence-corrected chi connectivity index (χ2v) is 6.73. The van der Waals surface area contributed by atoms with Crippen molar-refractivity contribution in [3.63, 3.8) is 0 Å². The lowest BCUT2D eigenvalue weighted by Crippen LogP contribution is -2.10. The second-order valence-electron chi connectivity index (χ2n) is 5.78. The van der Waals surface area contributed by atoms with Crippen LogP contribution in [0.3, 0.4) is 0 Å². The highest BCUT2D eigenvalue weighted by atomic mass is 32.1. The molecule has 4 rings (SSSR count). The third-order valence-electron chi connectivity index (χ3n) is 4.01. The van der Waals surface area contributed by atoms with E-state index in [0.717, 1.165) is 15.6 Å². The first-order chi connectivity index (χ1) is 12.6. The van der Waals surface area contributed by atoms with E-state index in [0.29, 0.717) is 29.4 Å². The first-order valence-electron chi connectivity index (χ1n) is 7.94. The molecule has 3 N–H and O–H groups in total. The van der Waals surface area contributed by atoms with Crippen LogP contribution in [0.2, 0.25) is 0 Å². The SMILES string of the molecule is Cc1nc(NCc2cc[nH]c(=O)c2)nnc1-c1ccc2sccc2c1O. The molecule has 0 unspecified atom stereocenters. The van der Waals surface area contributed by atoms with Crippen molar-refractivity contribution in [2.24, 2.45) is 0 Å². The second kappa shape index (κ2) is 6.57. The molecule has 0 saturated heterocycles. The number of fused-ring (bicyclic) bond motifs is 1. The van der Waals surface area contributed by atoms with Crippen LogP contribution in [0.1, 0.15) is 11.3 Å². The van der Waals surface area contributed by atoms with Gasteiger partial charge in [0.05, 0.1) is 5.69 Å². The number of pyridine rings is 1. The number of anilines is 1. The molecule has 0 aliphatic rings. The fourth-order valence-electron chi connectivity index (χ4n) is 2.73. The van der Waals surface area contributed by atoms with Crippen LogP contribution in [-0.2, 0) is 6.54 Å². The topological polar surface area (TPSA) is 104 Å². The maximum absolute atomic E-state index is 11.3. The van der Waals surface area contributed by atoms with Gasteiger partial charge in [0.15, 0.2) is 0 Å². The number of aromatic nitrogens is 4. The molecule has 0 amide bonds. The Morgan fingerprint density at radius 3 is 2.92 bits per heavy atom. The predicted octanol–water partition coefficient (Wildman–Crippen LogP) is 3.07. The number of aromatic hydroxyl groups is 1. The minimum absolute atomic E-state index is 0.158. The molecule has 26 heavy (non-hydrogen) atoms. The highest BCUT2D eigenvalue weighted by Gasteiger charge is 2.14. The van der Waals surface area contributed by atoms with E-state index in [2.05, 4.69) is 25.5 Å². The molecule has 3 aromatic heterocycles. The van der Waals surface area contributed by atoms with Crippen molar-refractivity contribution < 1.29 is 5.11 Å². The molecule has 3 heterocycles.